The highest BCUT2D eigenvalue weighted by Gasteiger charge is 2.14. The Morgan fingerprint density at radius 3 is 2.62 bits per heavy atom. The van der Waals surface area contributed by atoms with Crippen molar-refractivity contribution < 1.29 is 4.79 Å². The second kappa shape index (κ2) is 6.01. The van der Waals surface area contributed by atoms with E-state index in [1.54, 1.807) is 0 Å². The smallest absolute Gasteiger partial charge is 0.219 e. The molecule has 13 heavy (non-hydrogen) atoms. The van der Waals surface area contributed by atoms with Crippen molar-refractivity contribution in [3.05, 3.63) is 0 Å². The van der Waals surface area contributed by atoms with Crippen LogP contribution in [0.15, 0.2) is 0 Å². The summed E-state index contributed by atoms with van der Waals surface area (Å²) in [5.74, 6) is 1.06. The van der Waals surface area contributed by atoms with E-state index in [1.807, 2.05) is 6.92 Å². The Kier molecular flexibility index (Phi) is 4.87. The van der Waals surface area contributed by atoms with Gasteiger partial charge >= 0.3 is 0 Å². The van der Waals surface area contributed by atoms with Crippen LogP contribution in [0.5, 0.6) is 0 Å². The van der Waals surface area contributed by atoms with E-state index in [2.05, 4.69) is 5.32 Å². The van der Waals surface area contributed by atoms with Crippen molar-refractivity contribution >= 4 is 5.91 Å². The molecule has 0 atom stereocenters. The molecule has 1 saturated carbocycles. The van der Waals surface area contributed by atoms with E-state index in [1.165, 1.54) is 32.1 Å². The molecular weight excluding hydrogens is 162 g/mol. The Balaban J connectivity index is 2.06. The van der Waals surface area contributed by atoms with Gasteiger partial charge in [-0.2, -0.15) is 0 Å². The molecule has 1 fully saturated rings. The lowest BCUT2D eigenvalue weighted by Crippen LogP contribution is -2.23. The van der Waals surface area contributed by atoms with Crippen molar-refractivity contribution in [2.75, 3.05) is 6.54 Å². The fourth-order valence-electron chi connectivity index (χ4n) is 2.10. The number of carbonyl (C=O) groups is 1. The third-order valence-electron chi connectivity index (χ3n) is 2.88. The summed E-state index contributed by atoms with van der Waals surface area (Å²) >= 11 is 0. The molecule has 0 spiro atoms. The van der Waals surface area contributed by atoms with Gasteiger partial charge in [-0.25, -0.2) is 0 Å². The second-order valence-corrected chi connectivity index (χ2v) is 4.00. The largest absolute Gasteiger partial charge is 0.356 e. The fraction of sp³-hybridized carbons (Fsp3) is 0.909. The number of nitrogens with one attached hydrogen (secondary N) is 1. The molecule has 76 valence electrons. The van der Waals surface area contributed by atoms with Crippen molar-refractivity contribution in [1.29, 1.82) is 0 Å². The summed E-state index contributed by atoms with van der Waals surface area (Å²) in [6, 6.07) is 0. The Morgan fingerprint density at radius 1 is 1.31 bits per heavy atom. The number of carbonyl (C=O) groups excluding carboxylic acids is 1. The first kappa shape index (κ1) is 10.6. The van der Waals surface area contributed by atoms with Gasteiger partial charge in [0.05, 0.1) is 0 Å². The van der Waals surface area contributed by atoms with Crippen molar-refractivity contribution in [1.82, 2.24) is 5.32 Å². The minimum absolute atomic E-state index is 0.230. The number of hydrogen-bond donors (Lipinski definition) is 1. The summed E-state index contributed by atoms with van der Waals surface area (Å²) in [7, 11) is 0. The Bertz CT molecular complexity index is 150. The maximum atomic E-state index is 11.2. The fourth-order valence-corrected chi connectivity index (χ4v) is 2.10. The second-order valence-electron chi connectivity index (χ2n) is 4.00. The highest BCUT2D eigenvalue weighted by atomic mass is 16.1. The van der Waals surface area contributed by atoms with Gasteiger partial charge in [0.15, 0.2) is 0 Å². The molecule has 1 amide bonds. The minimum Gasteiger partial charge on any atom is -0.356 e. The molecule has 1 N–H and O–H groups in total. The van der Waals surface area contributed by atoms with Crippen LogP contribution in [-0.2, 0) is 4.79 Å². The summed E-state index contributed by atoms with van der Waals surface area (Å²) in [5.41, 5.74) is 0. The topological polar surface area (TPSA) is 29.1 Å². The molecule has 1 rings (SSSR count). The first-order valence-electron chi connectivity index (χ1n) is 5.59. The summed E-state index contributed by atoms with van der Waals surface area (Å²) in [4.78, 5) is 11.2. The van der Waals surface area contributed by atoms with Gasteiger partial charge in [-0.3, -0.25) is 4.79 Å². The quantitative estimate of drug-likeness (QED) is 0.712. The van der Waals surface area contributed by atoms with Crippen LogP contribution in [0.3, 0.4) is 0 Å². The molecule has 0 aromatic carbocycles. The van der Waals surface area contributed by atoms with Crippen LogP contribution in [0, 0.1) is 5.92 Å². The number of amides is 1. The van der Waals surface area contributed by atoms with Gasteiger partial charge in [-0.1, -0.05) is 32.1 Å². The average Bonchev–Trinajstić information content (AvgIpc) is 2.17. The monoisotopic (exact) mass is 183 g/mol. The van der Waals surface area contributed by atoms with Crippen LogP contribution in [0.25, 0.3) is 0 Å². The normalized spacial score (nSPS) is 18.5. The molecule has 1 aliphatic carbocycles. The van der Waals surface area contributed by atoms with E-state index < -0.39 is 0 Å². The zero-order valence-corrected chi connectivity index (χ0v) is 8.64. The van der Waals surface area contributed by atoms with E-state index in [0.29, 0.717) is 0 Å². The third kappa shape index (κ3) is 4.30. The number of hydrogen-bond acceptors (Lipinski definition) is 1. The van der Waals surface area contributed by atoms with Gasteiger partial charge in [0.25, 0.3) is 0 Å². The third-order valence-corrected chi connectivity index (χ3v) is 2.88. The molecule has 1 aliphatic rings. The standard InChI is InChI=1S/C11H21NO/c1-2-12-11(13)9-8-10-6-4-3-5-7-10/h10H,2-9H2,1H3,(H,12,13). The van der Waals surface area contributed by atoms with Gasteiger partial charge in [-0.15, -0.1) is 0 Å². The SMILES string of the molecule is CCNC(=O)CCC1CCCCC1. The molecule has 0 radical (unpaired) electrons. The van der Waals surface area contributed by atoms with E-state index in [0.717, 1.165) is 25.3 Å². The molecule has 0 aliphatic heterocycles. The van der Waals surface area contributed by atoms with E-state index in [4.69, 9.17) is 0 Å². The molecule has 2 nitrogen and oxygen atoms in total. The van der Waals surface area contributed by atoms with Crippen LogP contribution >= 0.6 is 0 Å². The zero-order chi connectivity index (χ0) is 9.52. The van der Waals surface area contributed by atoms with E-state index in [-0.39, 0.29) is 5.91 Å². The molecular formula is C11H21NO. The van der Waals surface area contributed by atoms with Gasteiger partial charge in [-0.05, 0) is 19.3 Å². The molecule has 0 aromatic heterocycles. The first-order valence-corrected chi connectivity index (χ1v) is 5.59. The Morgan fingerprint density at radius 2 is 2.00 bits per heavy atom. The molecule has 0 aromatic rings. The summed E-state index contributed by atoms with van der Waals surface area (Å²) in [5, 5.41) is 2.85. The van der Waals surface area contributed by atoms with Crippen LogP contribution in [-0.4, -0.2) is 12.5 Å². The van der Waals surface area contributed by atoms with Crippen LogP contribution in [0.1, 0.15) is 51.9 Å². The molecule has 0 saturated heterocycles. The minimum atomic E-state index is 0.230. The highest BCUT2D eigenvalue weighted by molar-refractivity contribution is 5.75. The van der Waals surface area contributed by atoms with Gasteiger partial charge in [0, 0.05) is 13.0 Å². The lowest BCUT2D eigenvalue weighted by Gasteiger charge is -2.20. The van der Waals surface area contributed by atoms with Crippen LogP contribution < -0.4 is 5.32 Å². The molecule has 0 unspecified atom stereocenters. The van der Waals surface area contributed by atoms with Crippen molar-refractivity contribution in [2.24, 2.45) is 5.92 Å². The van der Waals surface area contributed by atoms with Crippen molar-refractivity contribution in [3.8, 4) is 0 Å². The molecule has 0 heterocycles. The zero-order valence-electron chi connectivity index (χ0n) is 8.64. The maximum Gasteiger partial charge on any atom is 0.219 e. The highest BCUT2D eigenvalue weighted by Crippen LogP contribution is 2.26. The van der Waals surface area contributed by atoms with E-state index >= 15 is 0 Å². The predicted octanol–water partition coefficient (Wildman–Crippen LogP) is 2.48. The van der Waals surface area contributed by atoms with Crippen molar-refractivity contribution in [2.45, 2.75) is 51.9 Å². The number of rotatable bonds is 4. The van der Waals surface area contributed by atoms with Crippen LogP contribution in [0.4, 0.5) is 0 Å². The summed E-state index contributed by atoms with van der Waals surface area (Å²) in [6.45, 7) is 2.74. The summed E-state index contributed by atoms with van der Waals surface area (Å²) < 4.78 is 0. The predicted molar refractivity (Wildman–Crippen MR) is 54.5 cm³/mol. The summed E-state index contributed by atoms with van der Waals surface area (Å²) in [6.07, 6.45) is 8.68. The Labute approximate surface area is 81.1 Å². The Hall–Kier alpha value is -0.530. The van der Waals surface area contributed by atoms with Crippen molar-refractivity contribution in [3.63, 3.8) is 0 Å². The average molecular weight is 183 g/mol. The molecule has 2 heteroatoms. The molecule has 0 bridgehead atoms. The maximum absolute atomic E-state index is 11.2. The van der Waals surface area contributed by atoms with Crippen LogP contribution in [0.2, 0.25) is 0 Å². The first-order chi connectivity index (χ1) is 6.33. The van der Waals surface area contributed by atoms with E-state index in [9.17, 15) is 4.79 Å². The lowest BCUT2D eigenvalue weighted by molar-refractivity contribution is -0.121. The van der Waals surface area contributed by atoms with Gasteiger partial charge < -0.3 is 5.32 Å². The van der Waals surface area contributed by atoms with Gasteiger partial charge in [0.2, 0.25) is 5.91 Å². The lowest BCUT2D eigenvalue weighted by atomic mass is 9.86. The van der Waals surface area contributed by atoms with Gasteiger partial charge in [0.1, 0.15) is 0 Å².